The number of hydrogen-bond donors (Lipinski definition) is 1. The molecule has 3 heteroatoms. The van der Waals surface area contributed by atoms with Crippen molar-refractivity contribution < 1.29 is 4.74 Å². The van der Waals surface area contributed by atoms with Crippen LogP contribution in [0.1, 0.15) is 39.8 Å². The third-order valence-corrected chi connectivity index (χ3v) is 2.37. The van der Waals surface area contributed by atoms with E-state index in [1.54, 1.807) is 0 Å². The molecule has 1 unspecified atom stereocenters. The van der Waals surface area contributed by atoms with E-state index in [1.807, 2.05) is 18.2 Å². The summed E-state index contributed by atoms with van der Waals surface area (Å²) < 4.78 is 5.67. The summed E-state index contributed by atoms with van der Waals surface area (Å²) in [6.45, 7) is 9.20. The van der Waals surface area contributed by atoms with Crippen molar-refractivity contribution in [1.82, 2.24) is 10.3 Å². The molecule has 0 saturated carbocycles. The van der Waals surface area contributed by atoms with Crippen molar-refractivity contribution in [3.63, 3.8) is 0 Å². The summed E-state index contributed by atoms with van der Waals surface area (Å²) in [4.78, 5) is 4.45. The van der Waals surface area contributed by atoms with Gasteiger partial charge in [-0.25, -0.2) is 4.98 Å². The molecular formula is C13H22N2O. The van der Waals surface area contributed by atoms with E-state index in [9.17, 15) is 0 Å². The summed E-state index contributed by atoms with van der Waals surface area (Å²) in [7, 11) is 0. The molecule has 1 rings (SSSR count). The van der Waals surface area contributed by atoms with Gasteiger partial charge in [-0.2, -0.15) is 0 Å². The number of aromatic nitrogens is 1. The molecule has 0 bridgehead atoms. The molecule has 1 N–H and O–H groups in total. The zero-order valence-corrected chi connectivity index (χ0v) is 10.7. The predicted molar refractivity (Wildman–Crippen MR) is 66.6 cm³/mol. The quantitative estimate of drug-likeness (QED) is 0.803. The Balaban J connectivity index is 2.56. The van der Waals surface area contributed by atoms with Crippen molar-refractivity contribution in [2.75, 3.05) is 0 Å². The molecule has 90 valence electrons. The van der Waals surface area contributed by atoms with E-state index in [-0.39, 0.29) is 6.10 Å². The highest BCUT2D eigenvalue weighted by atomic mass is 16.5. The van der Waals surface area contributed by atoms with Gasteiger partial charge in [0.25, 0.3) is 0 Å². The molecule has 1 aromatic rings. The molecule has 0 fully saturated rings. The predicted octanol–water partition coefficient (Wildman–Crippen LogP) is 2.76. The second-order valence-electron chi connectivity index (χ2n) is 4.34. The number of nitrogens with one attached hydrogen (secondary N) is 1. The first-order chi connectivity index (χ1) is 7.61. The maximum Gasteiger partial charge on any atom is 0.213 e. The van der Waals surface area contributed by atoms with Crippen LogP contribution in [0.3, 0.4) is 0 Å². The highest BCUT2D eigenvalue weighted by molar-refractivity contribution is 5.16. The Bertz CT molecular complexity index is 313. The van der Waals surface area contributed by atoms with Gasteiger partial charge in [-0.3, -0.25) is 0 Å². The molecule has 0 radical (unpaired) electrons. The van der Waals surface area contributed by atoms with Crippen LogP contribution >= 0.6 is 0 Å². The van der Waals surface area contributed by atoms with E-state index < -0.39 is 0 Å². The van der Waals surface area contributed by atoms with Gasteiger partial charge in [0.2, 0.25) is 5.88 Å². The number of rotatable bonds is 6. The van der Waals surface area contributed by atoms with Gasteiger partial charge in [-0.1, -0.05) is 26.8 Å². The minimum atomic E-state index is 0.223. The lowest BCUT2D eigenvalue weighted by Gasteiger charge is -2.13. The molecule has 0 aliphatic carbocycles. The molecule has 1 atom stereocenters. The van der Waals surface area contributed by atoms with Crippen LogP contribution in [0.25, 0.3) is 0 Å². The highest BCUT2D eigenvalue weighted by Gasteiger charge is 2.03. The van der Waals surface area contributed by atoms with E-state index in [0.717, 1.165) is 24.5 Å². The third kappa shape index (κ3) is 4.62. The number of hydrogen-bond acceptors (Lipinski definition) is 3. The van der Waals surface area contributed by atoms with Gasteiger partial charge in [0.05, 0.1) is 11.8 Å². The fourth-order valence-corrected chi connectivity index (χ4v) is 1.22. The van der Waals surface area contributed by atoms with Gasteiger partial charge in [0, 0.05) is 18.7 Å². The van der Waals surface area contributed by atoms with Crippen molar-refractivity contribution in [2.24, 2.45) is 0 Å². The molecule has 0 spiro atoms. The molecule has 16 heavy (non-hydrogen) atoms. The van der Waals surface area contributed by atoms with Crippen LogP contribution in [0, 0.1) is 0 Å². The average molecular weight is 222 g/mol. The molecule has 0 aliphatic heterocycles. The Morgan fingerprint density at radius 3 is 2.69 bits per heavy atom. The van der Waals surface area contributed by atoms with Crippen molar-refractivity contribution >= 4 is 0 Å². The SMILES string of the molecule is CCC(C)Oc1cccc(CNC(C)C)n1. The first-order valence-corrected chi connectivity index (χ1v) is 5.97. The summed E-state index contributed by atoms with van der Waals surface area (Å²) in [6, 6.07) is 6.38. The van der Waals surface area contributed by atoms with E-state index in [2.05, 4.69) is 38.0 Å². The monoisotopic (exact) mass is 222 g/mol. The third-order valence-electron chi connectivity index (χ3n) is 2.37. The van der Waals surface area contributed by atoms with Gasteiger partial charge >= 0.3 is 0 Å². The molecule has 0 aromatic carbocycles. The van der Waals surface area contributed by atoms with Crippen LogP contribution in [0.15, 0.2) is 18.2 Å². The number of pyridine rings is 1. The maximum atomic E-state index is 5.67. The molecule has 0 saturated heterocycles. The fourth-order valence-electron chi connectivity index (χ4n) is 1.22. The topological polar surface area (TPSA) is 34.1 Å². The summed E-state index contributed by atoms with van der Waals surface area (Å²) in [5.41, 5.74) is 1.02. The Labute approximate surface area is 98.2 Å². The molecule has 1 aromatic heterocycles. The maximum absolute atomic E-state index is 5.67. The summed E-state index contributed by atoms with van der Waals surface area (Å²) in [5.74, 6) is 0.720. The first kappa shape index (κ1) is 13.0. The normalized spacial score (nSPS) is 12.8. The van der Waals surface area contributed by atoms with Gasteiger partial charge in [0.1, 0.15) is 0 Å². The lowest BCUT2D eigenvalue weighted by Crippen LogP contribution is -2.22. The van der Waals surface area contributed by atoms with E-state index >= 15 is 0 Å². The number of nitrogens with zero attached hydrogens (tertiary/aromatic N) is 1. The van der Waals surface area contributed by atoms with Crippen LogP contribution in [-0.2, 0) is 6.54 Å². The minimum Gasteiger partial charge on any atom is -0.475 e. The van der Waals surface area contributed by atoms with Crippen LogP contribution in [0.5, 0.6) is 5.88 Å². The molecule has 0 aliphatic rings. The zero-order chi connectivity index (χ0) is 12.0. The van der Waals surface area contributed by atoms with E-state index in [0.29, 0.717) is 6.04 Å². The van der Waals surface area contributed by atoms with Crippen molar-refractivity contribution in [2.45, 2.75) is 52.8 Å². The second-order valence-corrected chi connectivity index (χ2v) is 4.34. The molecule has 0 amide bonds. The Morgan fingerprint density at radius 2 is 2.06 bits per heavy atom. The summed E-state index contributed by atoms with van der Waals surface area (Å²) in [6.07, 6.45) is 1.22. The Kier molecular flexibility index (Phi) is 5.26. The van der Waals surface area contributed by atoms with Crippen LogP contribution < -0.4 is 10.1 Å². The lowest BCUT2D eigenvalue weighted by molar-refractivity contribution is 0.208. The van der Waals surface area contributed by atoms with Crippen LogP contribution in [0.2, 0.25) is 0 Å². The van der Waals surface area contributed by atoms with Gasteiger partial charge in [0.15, 0.2) is 0 Å². The second kappa shape index (κ2) is 6.48. The Hall–Kier alpha value is -1.09. The van der Waals surface area contributed by atoms with Gasteiger partial charge in [-0.05, 0) is 19.4 Å². The van der Waals surface area contributed by atoms with Crippen molar-refractivity contribution in [3.05, 3.63) is 23.9 Å². The van der Waals surface area contributed by atoms with Crippen molar-refractivity contribution in [1.29, 1.82) is 0 Å². The summed E-state index contributed by atoms with van der Waals surface area (Å²) >= 11 is 0. The first-order valence-electron chi connectivity index (χ1n) is 5.97. The van der Waals surface area contributed by atoms with Crippen molar-refractivity contribution in [3.8, 4) is 5.88 Å². The molecule has 3 nitrogen and oxygen atoms in total. The van der Waals surface area contributed by atoms with Gasteiger partial charge in [-0.15, -0.1) is 0 Å². The zero-order valence-electron chi connectivity index (χ0n) is 10.7. The standard InChI is InChI=1S/C13H22N2O/c1-5-11(4)16-13-8-6-7-12(15-13)9-14-10(2)3/h6-8,10-11,14H,5,9H2,1-4H3. The van der Waals surface area contributed by atoms with Crippen LogP contribution in [-0.4, -0.2) is 17.1 Å². The average Bonchev–Trinajstić information content (AvgIpc) is 2.26. The smallest absolute Gasteiger partial charge is 0.213 e. The fraction of sp³-hybridized carbons (Fsp3) is 0.615. The van der Waals surface area contributed by atoms with E-state index in [1.165, 1.54) is 0 Å². The molecule has 1 heterocycles. The number of ether oxygens (including phenoxy) is 1. The summed E-state index contributed by atoms with van der Waals surface area (Å²) in [5, 5.41) is 3.34. The lowest BCUT2D eigenvalue weighted by atomic mass is 10.3. The largest absolute Gasteiger partial charge is 0.475 e. The van der Waals surface area contributed by atoms with Gasteiger partial charge < -0.3 is 10.1 Å². The minimum absolute atomic E-state index is 0.223. The van der Waals surface area contributed by atoms with Crippen LogP contribution in [0.4, 0.5) is 0 Å². The molecular weight excluding hydrogens is 200 g/mol. The van der Waals surface area contributed by atoms with E-state index in [4.69, 9.17) is 4.74 Å². The highest BCUT2D eigenvalue weighted by Crippen LogP contribution is 2.10. The Morgan fingerprint density at radius 1 is 1.31 bits per heavy atom.